The quantitative estimate of drug-likeness (QED) is 0.919. The first-order valence-electron chi connectivity index (χ1n) is 7.67. The molecule has 0 aliphatic carbocycles. The molecule has 2 aromatic rings. The Hall–Kier alpha value is -2.82. The summed E-state index contributed by atoms with van der Waals surface area (Å²) >= 11 is 0. The van der Waals surface area contributed by atoms with Crippen molar-refractivity contribution in [3.63, 3.8) is 0 Å². The Morgan fingerprint density at radius 2 is 1.88 bits per heavy atom. The smallest absolute Gasteiger partial charge is 0.254 e. The van der Waals surface area contributed by atoms with Crippen molar-refractivity contribution in [3.05, 3.63) is 59.2 Å². The molecule has 0 radical (unpaired) electrons. The molecule has 0 saturated carbocycles. The summed E-state index contributed by atoms with van der Waals surface area (Å²) in [6.45, 7) is 3.87. The van der Waals surface area contributed by atoms with E-state index in [1.807, 2.05) is 32.0 Å². The van der Waals surface area contributed by atoms with Crippen molar-refractivity contribution >= 4 is 17.5 Å². The van der Waals surface area contributed by atoms with Gasteiger partial charge in [-0.05, 0) is 49.2 Å². The highest BCUT2D eigenvalue weighted by atomic mass is 16.5. The summed E-state index contributed by atoms with van der Waals surface area (Å²) in [6.07, 6.45) is 0. The van der Waals surface area contributed by atoms with E-state index < -0.39 is 0 Å². The molecule has 0 bridgehead atoms. The molecule has 0 saturated heterocycles. The van der Waals surface area contributed by atoms with Crippen molar-refractivity contribution in [2.45, 2.75) is 13.8 Å². The fraction of sp³-hybridized carbons (Fsp3) is 0.263. The van der Waals surface area contributed by atoms with Gasteiger partial charge in [-0.25, -0.2) is 0 Å². The van der Waals surface area contributed by atoms with Gasteiger partial charge in [0, 0.05) is 18.3 Å². The van der Waals surface area contributed by atoms with Crippen LogP contribution in [0.3, 0.4) is 0 Å². The minimum absolute atomic E-state index is 0.0244. The number of anilines is 1. The second-order valence-corrected chi connectivity index (χ2v) is 5.76. The molecule has 1 N–H and O–H groups in total. The number of carbonyl (C=O) groups is 2. The predicted molar refractivity (Wildman–Crippen MR) is 94.5 cm³/mol. The standard InChI is InChI=1S/C19H22N2O3/c1-13-8-9-14(2)17(10-13)20-18(22)12-21(3)19(23)15-6-5-7-16(11-15)24-4/h5-11H,12H2,1-4H3,(H,20,22). The minimum Gasteiger partial charge on any atom is -0.497 e. The van der Waals surface area contributed by atoms with Gasteiger partial charge in [-0.15, -0.1) is 0 Å². The third kappa shape index (κ3) is 4.35. The molecule has 0 aromatic heterocycles. The summed E-state index contributed by atoms with van der Waals surface area (Å²) in [6, 6.07) is 12.7. The van der Waals surface area contributed by atoms with Gasteiger partial charge in [-0.2, -0.15) is 0 Å². The Balaban J connectivity index is 2.02. The summed E-state index contributed by atoms with van der Waals surface area (Å²) in [4.78, 5) is 26.0. The lowest BCUT2D eigenvalue weighted by molar-refractivity contribution is -0.116. The summed E-state index contributed by atoms with van der Waals surface area (Å²) in [5.41, 5.74) is 3.30. The lowest BCUT2D eigenvalue weighted by atomic mass is 10.1. The number of amides is 2. The van der Waals surface area contributed by atoms with Crippen molar-refractivity contribution in [1.29, 1.82) is 0 Å². The molecule has 2 rings (SSSR count). The molecule has 5 nitrogen and oxygen atoms in total. The van der Waals surface area contributed by atoms with Crippen LogP contribution in [0.5, 0.6) is 5.75 Å². The first-order valence-corrected chi connectivity index (χ1v) is 7.67. The highest BCUT2D eigenvalue weighted by molar-refractivity contribution is 5.99. The van der Waals surface area contributed by atoms with E-state index in [1.54, 1.807) is 38.4 Å². The number of nitrogens with one attached hydrogen (secondary N) is 1. The van der Waals surface area contributed by atoms with E-state index >= 15 is 0 Å². The SMILES string of the molecule is COc1cccc(C(=O)N(C)CC(=O)Nc2cc(C)ccc2C)c1. The number of hydrogen-bond donors (Lipinski definition) is 1. The molecule has 126 valence electrons. The van der Waals surface area contributed by atoms with Gasteiger partial charge in [0.15, 0.2) is 0 Å². The number of benzene rings is 2. The maximum atomic E-state index is 12.4. The van der Waals surface area contributed by atoms with Crippen LogP contribution in [0.15, 0.2) is 42.5 Å². The molecular formula is C19H22N2O3. The number of nitrogens with zero attached hydrogens (tertiary/aromatic N) is 1. The Morgan fingerprint density at radius 1 is 1.12 bits per heavy atom. The molecule has 0 fully saturated rings. The van der Waals surface area contributed by atoms with Crippen LogP contribution < -0.4 is 10.1 Å². The molecule has 0 atom stereocenters. The molecular weight excluding hydrogens is 304 g/mol. The van der Waals surface area contributed by atoms with E-state index in [-0.39, 0.29) is 18.4 Å². The average molecular weight is 326 g/mol. The molecule has 5 heteroatoms. The number of methoxy groups -OCH3 is 1. The molecule has 0 aliphatic rings. The molecule has 0 heterocycles. The fourth-order valence-corrected chi connectivity index (χ4v) is 2.32. The number of carbonyl (C=O) groups excluding carboxylic acids is 2. The molecule has 0 unspecified atom stereocenters. The number of ether oxygens (including phenoxy) is 1. The lowest BCUT2D eigenvalue weighted by Gasteiger charge is -2.18. The van der Waals surface area contributed by atoms with Crippen molar-refractivity contribution in [1.82, 2.24) is 4.90 Å². The zero-order valence-corrected chi connectivity index (χ0v) is 14.4. The third-order valence-corrected chi connectivity index (χ3v) is 3.71. The summed E-state index contributed by atoms with van der Waals surface area (Å²) < 4.78 is 5.12. The lowest BCUT2D eigenvalue weighted by Crippen LogP contribution is -2.35. The molecule has 2 aromatic carbocycles. The van der Waals surface area contributed by atoms with Gasteiger partial charge in [0.25, 0.3) is 5.91 Å². The van der Waals surface area contributed by atoms with E-state index in [1.165, 1.54) is 4.90 Å². The van der Waals surface area contributed by atoms with Crippen molar-refractivity contribution < 1.29 is 14.3 Å². The molecule has 24 heavy (non-hydrogen) atoms. The van der Waals surface area contributed by atoms with Gasteiger partial charge in [0.1, 0.15) is 5.75 Å². The maximum Gasteiger partial charge on any atom is 0.254 e. The number of rotatable bonds is 5. The third-order valence-electron chi connectivity index (χ3n) is 3.71. The summed E-state index contributed by atoms with van der Waals surface area (Å²) in [5, 5.41) is 2.85. The van der Waals surface area contributed by atoms with Crippen LogP contribution in [-0.4, -0.2) is 37.4 Å². The van der Waals surface area contributed by atoms with Gasteiger partial charge in [0.05, 0.1) is 13.7 Å². The van der Waals surface area contributed by atoms with Crippen molar-refractivity contribution in [3.8, 4) is 5.75 Å². The van der Waals surface area contributed by atoms with Crippen LogP contribution in [-0.2, 0) is 4.79 Å². The van der Waals surface area contributed by atoms with Crippen molar-refractivity contribution in [2.24, 2.45) is 0 Å². The van der Waals surface area contributed by atoms with Crippen LogP contribution >= 0.6 is 0 Å². The second kappa shape index (κ2) is 7.64. The Bertz CT molecular complexity index is 756. The largest absolute Gasteiger partial charge is 0.497 e. The first-order chi connectivity index (χ1) is 11.4. The molecule has 0 aliphatic heterocycles. The summed E-state index contributed by atoms with van der Waals surface area (Å²) in [7, 11) is 3.15. The van der Waals surface area contributed by atoms with Gasteiger partial charge < -0.3 is 15.0 Å². The monoisotopic (exact) mass is 326 g/mol. The van der Waals surface area contributed by atoms with Gasteiger partial charge in [0.2, 0.25) is 5.91 Å². The Kier molecular flexibility index (Phi) is 5.58. The van der Waals surface area contributed by atoms with Crippen LogP contribution in [0.2, 0.25) is 0 Å². The van der Waals surface area contributed by atoms with Gasteiger partial charge in [-0.1, -0.05) is 18.2 Å². The van der Waals surface area contributed by atoms with Crippen LogP contribution in [0, 0.1) is 13.8 Å². The minimum atomic E-state index is -0.234. The highest BCUT2D eigenvalue weighted by Crippen LogP contribution is 2.17. The number of likely N-dealkylation sites (N-methyl/N-ethyl adjacent to an activating group) is 1. The first kappa shape index (κ1) is 17.5. The fourth-order valence-electron chi connectivity index (χ4n) is 2.32. The number of aryl methyl sites for hydroxylation is 2. The van der Waals surface area contributed by atoms with E-state index in [0.717, 1.165) is 16.8 Å². The zero-order chi connectivity index (χ0) is 17.7. The summed E-state index contributed by atoms with van der Waals surface area (Å²) in [5.74, 6) is 0.140. The Morgan fingerprint density at radius 3 is 2.58 bits per heavy atom. The van der Waals surface area contributed by atoms with Crippen molar-refractivity contribution in [2.75, 3.05) is 26.0 Å². The normalized spacial score (nSPS) is 10.2. The van der Waals surface area contributed by atoms with Crippen LogP contribution in [0.4, 0.5) is 5.69 Å². The van der Waals surface area contributed by atoms with E-state index in [9.17, 15) is 9.59 Å². The maximum absolute atomic E-state index is 12.4. The van der Waals surface area contributed by atoms with Gasteiger partial charge >= 0.3 is 0 Å². The molecule has 0 spiro atoms. The Labute approximate surface area is 142 Å². The average Bonchev–Trinajstić information content (AvgIpc) is 2.57. The van der Waals surface area contributed by atoms with Crippen LogP contribution in [0.25, 0.3) is 0 Å². The van der Waals surface area contributed by atoms with E-state index in [4.69, 9.17) is 4.74 Å². The second-order valence-electron chi connectivity index (χ2n) is 5.76. The predicted octanol–water partition coefficient (Wildman–Crippen LogP) is 3.02. The molecule has 2 amide bonds. The van der Waals surface area contributed by atoms with E-state index in [0.29, 0.717) is 11.3 Å². The van der Waals surface area contributed by atoms with Crippen LogP contribution in [0.1, 0.15) is 21.5 Å². The zero-order valence-electron chi connectivity index (χ0n) is 14.4. The van der Waals surface area contributed by atoms with E-state index in [2.05, 4.69) is 5.32 Å². The highest BCUT2D eigenvalue weighted by Gasteiger charge is 2.16. The number of hydrogen-bond acceptors (Lipinski definition) is 3. The topological polar surface area (TPSA) is 58.6 Å². The van der Waals surface area contributed by atoms with Gasteiger partial charge in [-0.3, -0.25) is 9.59 Å².